The molecule has 0 saturated heterocycles. The van der Waals surface area contributed by atoms with Gasteiger partial charge in [-0.1, -0.05) is 34.8 Å². The number of ether oxygens (including phenoxy) is 1. The van der Waals surface area contributed by atoms with Gasteiger partial charge in [-0.2, -0.15) is 5.10 Å². The van der Waals surface area contributed by atoms with Gasteiger partial charge in [-0.15, -0.1) is 0 Å². The molecule has 0 fully saturated rings. The summed E-state index contributed by atoms with van der Waals surface area (Å²) < 4.78 is 7.09. The van der Waals surface area contributed by atoms with Crippen molar-refractivity contribution in [3.05, 3.63) is 90.3 Å². The summed E-state index contributed by atoms with van der Waals surface area (Å²) in [6.07, 6.45) is 1.88. The number of benzene rings is 2. The Labute approximate surface area is 189 Å². The van der Waals surface area contributed by atoms with Gasteiger partial charge in [0.05, 0.1) is 22.2 Å². The number of hydrogen-bond acceptors (Lipinski definition) is 4. The Kier molecular flexibility index (Phi) is 7.19. The molecule has 5 nitrogen and oxygen atoms in total. The van der Waals surface area contributed by atoms with Gasteiger partial charge in [0, 0.05) is 35.3 Å². The highest BCUT2D eigenvalue weighted by Gasteiger charge is 2.20. The average Bonchev–Trinajstić information content (AvgIpc) is 2.70. The van der Waals surface area contributed by atoms with Crippen molar-refractivity contribution >= 4 is 40.6 Å². The summed E-state index contributed by atoms with van der Waals surface area (Å²) in [6.45, 7) is 4.64. The molecule has 2 aromatic carbocycles. The molecule has 0 saturated carbocycles. The molecule has 0 radical (unpaired) electrons. The van der Waals surface area contributed by atoms with E-state index in [-0.39, 0.29) is 27.0 Å². The van der Waals surface area contributed by atoms with Crippen LogP contribution in [0.25, 0.3) is 0 Å². The van der Waals surface area contributed by atoms with E-state index in [1.807, 2.05) is 13.8 Å². The number of halogens is 3. The highest BCUT2D eigenvalue weighted by Crippen LogP contribution is 2.32. The lowest BCUT2D eigenvalue weighted by molar-refractivity contribution is 0.103. The van der Waals surface area contributed by atoms with Gasteiger partial charge in [-0.3, -0.25) is 9.59 Å². The lowest BCUT2D eigenvalue weighted by Crippen LogP contribution is -2.25. The quantitative estimate of drug-likeness (QED) is 0.436. The van der Waals surface area contributed by atoms with Crippen molar-refractivity contribution in [2.45, 2.75) is 26.8 Å². The molecule has 0 unspecified atom stereocenters. The zero-order valence-corrected chi connectivity index (χ0v) is 18.7. The number of aryl methyl sites for hydroxylation is 1. The standard InChI is InChI=1S/C22H19Cl3N2O3/c1-3-27-22(29)14(7-8-26-27)10-15-9-13(5-6-19(15)30-4-2)21(28)20-17(24)11-16(23)12-18(20)25/h5-9,11-12H,3-4,10H2,1-2H3. The molecular formula is C22H19Cl3N2O3. The van der Waals surface area contributed by atoms with Gasteiger partial charge in [0.1, 0.15) is 5.75 Å². The Morgan fingerprint density at radius 2 is 1.73 bits per heavy atom. The van der Waals surface area contributed by atoms with E-state index in [4.69, 9.17) is 39.5 Å². The molecule has 1 heterocycles. The van der Waals surface area contributed by atoms with E-state index in [2.05, 4.69) is 5.10 Å². The normalized spacial score (nSPS) is 10.8. The van der Waals surface area contributed by atoms with Crippen molar-refractivity contribution in [1.82, 2.24) is 9.78 Å². The molecule has 0 N–H and O–H groups in total. The lowest BCUT2D eigenvalue weighted by atomic mass is 9.98. The third-order valence-electron chi connectivity index (χ3n) is 4.53. The minimum absolute atomic E-state index is 0.174. The van der Waals surface area contributed by atoms with Crippen LogP contribution >= 0.6 is 34.8 Å². The van der Waals surface area contributed by atoms with Crippen molar-refractivity contribution in [3.8, 4) is 5.75 Å². The van der Waals surface area contributed by atoms with Gasteiger partial charge < -0.3 is 4.74 Å². The molecule has 0 aliphatic heterocycles. The van der Waals surface area contributed by atoms with Crippen LogP contribution in [0.2, 0.25) is 15.1 Å². The number of ketones is 1. The predicted octanol–water partition coefficient (Wildman–Crippen LogP) is 5.44. The first-order chi connectivity index (χ1) is 14.3. The minimum atomic E-state index is -0.341. The van der Waals surface area contributed by atoms with Crippen molar-refractivity contribution in [1.29, 1.82) is 0 Å². The molecule has 0 bridgehead atoms. The first-order valence-corrected chi connectivity index (χ1v) is 10.5. The number of nitrogens with zero attached hydrogens (tertiary/aromatic N) is 2. The third kappa shape index (κ3) is 4.69. The SMILES string of the molecule is CCOc1ccc(C(=O)c2c(Cl)cc(Cl)cc2Cl)cc1Cc1ccnn(CC)c1=O. The number of carbonyl (C=O) groups is 1. The monoisotopic (exact) mass is 464 g/mol. The summed E-state index contributed by atoms with van der Waals surface area (Å²) in [7, 11) is 0. The zero-order valence-electron chi connectivity index (χ0n) is 16.4. The molecule has 0 atom stereocenters. The summed E-state index contributed by atoms with van der Waals surface area (Å²) >= 11 is 18.4. The van der Waals surface area contributed by atoms with Gasteiger partial charge in [-0.05, 0) is 55.8 Å². The van der Waals surface area contributed by atoms with Gasteiger partial charge in [0.25, 0.3) is 5.56 Å². The van der Waals surface area contributed by atoms with Crippen molar-refractivity contribution in [3.63, 3.8) is 0 Å². The Morgan fingerprint density at radius 3 is 2.37 bits per heavy atom. The molecule has 3 rings (SSSR count). The van der Waals surface area contributed by atoms with Crippen LogP contribution in [-0.4, -0.2) is 22.2 Å². The van der Waals surface area contributed by atoms with Gasteiger partial charge in [0.2, 0.25) is 0 Å². The Balaban J connectivity index is 2.06. The van der Waals surface area contributed by atoms with Crippen LogP contribution < -0.4 is 10.3 Å². The second-order valence-electron chi connectivity index (χ2n) is 6.48. The molecule has 156 valence electrons. The lowest BCUT2D eigenvalue weighted by Gasteiger charge is -2.13. The maximum atomic E-state index is 13.1. The minimum Gasteiger partial charge on any atom is -0.494 e. The molecule has 0 aliphatic carbocycles. The molecule has 0 spiro atoms. The van der Waals surface area contributed by atoms with Crippen LogP contribution in [0.5, 0.6) is 5.75 Å². The van der Waals surface area contributed by atoms with Crippen LogP contribution in [-0.2, 0) is 13.0 Å². The maximum absolute atomic E-state index is 13.1. The first kappa shape index (κ1) is 22.3. The van der Waals surface area contributed by atoms with Gasteiger partial charge in [0.15, 0.2) is 5.78 Å². The molecule has 3 aromatic rings. The van der Waals surface area contributed by atoms with E-state index in [0.29, 0.717) is 47.0 Å². The highest BCUT2D eigenvalue weighted by atomic mass is 35.5. The third-order valence-corrected chi connectivity index (χ3v) is 5.34. The van der Waals surface area contributed by atoms with E-state index < -0.39 is 0 Å². The van der Waals surface area contributed by atoms with Crippen molar-refractivity contribution < 1.29 is 9.53 Å². The summed E-state index contributed by atoms with van der Waals surface area (Å²) in [5.41, 5.74) is 1.64. The summed E-state index contributed by atoms with van der Waals surface area (Å²) in [6, 6.07) is 9.68. The topological polar surface area (TPSA) is 61.2 Å². The Hall–Kier alpha value is -2.34. The molecule has 0 aliphatic rings. The average molecular weight is 466 g/mol. The second-order valence-corrected chi connectivity index (χ2v) is 7.73. The van der Waals surface area contributed by atoms with Crippen molar-refractivity contribution in [2.24, 2.45) is 0 Å². The summed E-state index contributed by atoms with van der Waals surface area (Å²) in [5, 5.41) is 4.74. The van der Waals surface area contributed by atoms with E-state index in [1.165, 1.54) is 16.8 Å². The van der Waals surface area contributed by atoms with Crippen LogP contribution in [0.15, 0.2) is 47.4 Å². The van der Waals surface area contributed by atoms with E-state index >= 15 is 0 Å². The molecule has 8 heteroatoms. The fraction of sp³-hybridized carbons (Fsp3) is 0.227. The Morgan fingerprint density at radius 1 is 1.03 bits per heavy atom. The summed E-state index contributed by atoms with van der Waals surface area (Å²) in [5.74, 6) is 0.258. The van der Waals surface area contributed by atoms with E-state index in [1.54, 1.807) is 30.5 Å². The Bertz CT molecular complexity index is 1140. The number of rotatable bonds is 7. The van der Waals surface area contributed by atoms with Gasteiger partial charge in [-0.25, -0.2) is 4.68 Å². The first-order valence-electron chi connectivity index (χ1n) is 9.35. The molecule has 1 aromatic heterocycles. The van der Waals surface area contributed by atoms with Crippen molar-refractivity contribution in [2.75, 3.05) is 6.61 Å². The maximum Gasteiger partial charge on any atom is 0.270 e. The number of hydrogen-bond donors (Lipinski definition) is 0. The fourth-order valence-corrected chi connectivity index (χ4v) is 4.11. The van der Waals surface area contributed by atoms with Crippen LogP contribution in [0.4, 0.5) is 0 Å². The smallest absolute Gasteiger partial charge is 0.270 e. The van der Waals surface area contributed by atoms with E-state index in [0.717, 1.165) is 0 Å². The van der Waals surface area contributed by atoms with E-state index in [9.17, 15) is 9.59 Å². The zero-order chi connectivity index (χ0) is 21.8. The second kappa shape index (κ2) is 9.65. The molecular weight excluding hydrogens is 447 g/mol. The summed E-state index contributed by atoms with van der Waals surface area (Å²) in [4.78, 5) is 25.7. The molecule has 30 heavy (non-hydrogen) atoms. The molecule has 0 amide bonds. The number of aromatic nitrogens is 2. The predicted molar refractivity (Wildman–Crippen MR) is 119 cm³/mol. The highest BCUT2D eigenvalue weighted by molar-refractivity contribution is 6.43. The largest absolute Gasteiger partial charge is 0.494 e. The fourth-order valence-electron chi connectivity index (χ4n) is 3.12. The van der Waals surface area contributed by atoms with Crippen LogP contribution in [0.1, 0.15) is 40.9 Å². The van der Waals surface area contributed by atoms with Gasteiger partial charge >= 0.3 is 0 Å². The van der Waals surface area contributed by atoms with Crippen LogP contribution in [0.3, 0.4) is 0 Å². The number of carbonyl (C=O) groups excluding carboxylic acids is 1. The van der Waals surface area contributed by atoms with Crippen LogP contribution in [0, 0.1) is 0 Å².